The highest BCUT2D eigenvalue weighted by Crippen LogP contribution is 2.26. The van der Waals surface area contributed by atoms with Crippen molar-refractivity contribution in [2.24, 2.45) is 5.92 Å². The molecule has 2 aromatic rings. The van der Waals surface area contributed by atoms with Gasteiger partial charge in [0.1, 0.15) is 4.21 Å². The van der Waals surface area contributed by atoms with E-state index in [4.69, 9.17) is 11.6 Å². The first kappa shape index (κ1) is 16.7. The average molecular weight is 372 g/mol. The fourth-order valence-corrected chi connectivity index (χ4v) is 5.32. The zero-order chi connectivity index (χ0) is 16.3. The monoisotopic (exact) mass is 371 g/mol. The van der Waals surface area contributed by atoms with Crippen molar-refractivity contribution in [2.75, 3.05) is 24.5 Å². The highest BCUT2D eigenvalue weighted by molar-refractivity contribution is 7.91. The molecule has 0 aromatic carbocycles. The molecule has 3 rings (SSSR count). The fourth-order valence-electron chi connectivity index (χ4n) is 2.68. The summed E-state index contributed by atoms with van der Waals surface area (Å²) in [6.07, 6.45) is 5.55. The lowest BCUT2D eigenvalue weighted by Crippen LogP contribution is -2.38. The molecule has 0 spiro atoms. The van der Waals surface area contributed by atoms with Gasteiger partial charge >= 0.3 is 0 Å². The Morgan fingerprint density at radius 3 is 2.70 bits per heavy atom. The number of hydrogen-bond donors (Lipinski definition) is 1. The van der Waals surface area contributed by atoms with Gasteiger partial charge in [0.05, 0.1) is 16.2 Å². The van der Waals surface area contributed by atoms with Crippen molar-refractivity contribution in [3.63, 3.8) is 0 Å². The second kappa shape index (κ2) is 7.17. The molecule has 1 N–H and O–H groups in total. The lowest BCUT2D eigenvalue weighted by molar-refractivity contribution is 0.402. The molecule has 124 valence electrons. The van der Waals surface area contributed by atoms with Crippen molar-refractivity contribution in [3.8, 4) is 0 Å². The van der Waals surface area contributed by atoms with E-state index in [9.17, 15) is 8.42 Å². The molecule has 1 aliphatic rings. The predicted molar refractivity (Wildman–Crippen MR) is 93.7 cm³/mol. The molecule has 0 radical (unpaired) electrons. The van der Waals surface area contributed by atoms with Gasteiger partial charge in [-0.3, -0.25) is 4.98 Å². The maximum atomic E-state index is 12.2. The van der Waals surface area contributed by atoms with E-state index in [1.54, 1.807) is 18.3 Å². The van der Waals surface area contributed by atoms with Crippen LogP contribution in [0, 0.1) is 5.92 Å². The van der Waals surface area contributed by atoms with E-state index in [0.29, 0.717) is 16.8 Å². The van der Waals surface area contributed by atoms with E-state index < -0.39 is 10.0 Å². The Morgan fingerprint density at radius 1 is 1.30 bits per heavy atom. The second-order valence-corrected chi connectivity index (χ2v) is 9.26. The minimum absolute atomic E-state index is 0.273. The third-order valence-electron chi connectivity index (χ3n) is 4.00. The van der Waals surface area contributed by atoms with Crippen molar-refractivity contribution in [1.82, 2.24) is 9.71 Å². The highest BCUT2D eigenvalue weighted by atomic mass is 35.5. The number of halogens is 1. The maximum Gasteiger partial charge on any atom is 0.250 e. The van der Waals surface area contributed by atoms with Crippen LogP contribution >= 0.6 is 22.9 Å². The summed E-state index contributed by atoms with van der Waals surface area (Å²) in [5, 5.41) is 0. The number of thiophene rings is 1. The summed E-state index contributed by atoms with van der Waals surface area (Å²) in [6.45, 7) is 2.31. The number of nitrogens with zero attached hydrogens (tertiary/aromatic N) is 2. The Kier molecular flexibility index (Phi) is 5.21. The van der Waals surface area contributed by atoms with Crippen molar-refractivity contribution < 1.29 is 8.42 Å². The van der Waals surface area contributed by atoms with Gasteiger partial charge in [-0.2, -0.15) is 0 Å². The summed E-state index contributed by atoms with van der Waals surface area (Å²) in [5.41, 5.74) is 1.12. The van der Waals surface area contributed by atoms with E-state index in [2.05, 4.69) is 20.7 Å². The van der Waals surface area contributed by atoms with Crippen LogP contribution in [-0.2, 0) is 10.0 Å². The number of piperidine rings is 1. The van der Waals surface area contributed by atoms with Gasteiger partial charge in [0.25, 0.3) is 0 Å². The SMILES string of the molecule is O=S(=O)(NCC1CCN(c2cccnc2)CC1)c1ccc(Cl)s1. The molecule has 2 aromatic heterocycles. The van der Waals surface area contributed by atoms with Crippen molar-refractivity contribution in [2.45, 2.75) is 17.1 Å². The van der Waals surface area contributed by atoms with Crippen LogP contribution in [0.15, 0.2) is 40.9 Å². The molecule has 5 nitrogen and oxygen atoms in total. The van der Waals surface area contributed by atoms with E-state index in [-0.39, 0.29) is 4.21 Å². The van der Waals surface area contributed by atoms with Crippen LogP contribution in [0.1, 0.15) is 12.8 Å². The summed E-state index contributed by atoms with van der Waals surface area (Å²) < 4.78 is 27.9. The number of aromatic nitrogens is 1. The molecular weight excluding hydrogens is 354 g/mol. The third kappa shape index (κ3) is 4.23. The number of anilines is 1. The van der Waals surface area contributed by atoms with Gasteiger partial charge in [0.15, 0.2) is 0 Å². The van der Waals surface area contributed by atoms with Crippen LogP contribution < -0.4 is 9.62 Å². The van der Waals surface area contributed by atoms with Crippen LogP contribution in [0.4, 0.5) is 5.69 Å². The summed E-state index contributed by atoms with van der Waals surface area (Å²) >= 11 is 6.88. The van der Waals surface area contributed by atoms with Gasteiger partial charge < -0.3 is 4.90 Å². The molecule has 0 amide bonds. The number of nitrogens with one attached hydrogen (secondary N) is 1. The molecular formula is C15H18ClN3O2S2. The summed E-state index contributed by atoms with van der Waals surface area (Å²) in [7, 11) is -3.44. The number of hydrogen-bond acceptors (Lipinski definition) is 5. The van der Waals surface area contributed by atoms with Crippen LogP contribution in [0.5, 0.6) is 0 Å². The van der Waals surface area contributed by atoms with Gasteiger partial charge in [0.2, 0.25) is 10.0 Å². The molecule has 0 atom stereocenters. The first-order valence-electron chi connectivity index (χ1n) is 7.44. The van der Waals surface area contributed by atoms with Gasteiger partial charge in [-0.05, 0) is 43.0 Å². The normalized spacial score (nSPS) is 16.7. The second-order valence-electron chi connectivity index (χ2n) is 5.55. The summed E-state index contributed by atoms with van der Waals surface area (Å²) in [5.74, 6) is 0.355. The number of rotatable bonds is 5. The molecule has 0 saturated carbocycles. The van der Waals surface area contributed by atoms with Crippen molar-refractivity contribution >= 4 is 38.6 Å². The van der Waals surface area contributed by atoms with Crippen LogP contribution in [0.3, 0.4) is 0 Å². The standard InChI is InChI=1S/C15H18ClN3O2S2/c16-14-3-4-15(22-14)23(20,21)18-10-12-5-8-19(9-6-12)13-2-1-7-17-11-13/h1-4,7,11-12,18H,5-6,8-10H2. The Morgan fingerprint density at radius 2 is 2.09 bits per heavy atom. The van der Waals surface area contributed by atoms with Crippen molar-refractivity contribution in [1.29, 1.82) is 0 Å². The lowest BCUT2D eigenvalue weighted by Gasteiger charge is -2.33. The number of sulfonamides is 1. The van der Waals surface area contributed by atoms with Gasteiger partial charge in [-0.25, -0.2) is 13.1 Å². The zero-order valence-electron chi connectivity index (χ0n) is 12.5. The third-order valence-corrected chi connectivity index (χ3v) is 7.15. The van der Waals surface area contributed by atoms with E-state index >= 15 is 0 Å². The van der Waals surface area contributed by atoms with Crippen LogP contribution in [0.2, 0.25) is 4.34 Å². The molecule has 1 saturated heterocycles. The first-order valence-corrected chi connectivity index (χ1v) is 10.1. The number of pyridine rings is 1. The first-order chi connectivity index (χ1) is 11.0. The molecule has 1 fully saturated rings. The fraction of sp³-hybridized carbons (Fsp3) is 0.400. The lowest BCUT2D eigenvalue weighted by atomic mass is 9.97. The smallest absolute Gasteiger partial charge is 0.250 e. The molecule has 3 heterocycles. The highest BCUT2D eigenvalue weighted by Gasteiger charge is 2.23. The van der Waals surface area contributed by atoms with Gasteiger partial charge in [-0.1, -0.05) is 11.6 Å². The molecule has 0 aliphatic carbocycles. The summed E-state index contributed by atoms with van der Waals surface area (Å²) in [6, 6.07) is 7.13. The Balaban J connectivity index is 1.51. The van der Waals surface area contributed by atoms with Crippen LogP contribution in [0.25, 0.3) is 0 Å². The van der Waals surface area contributed by atoms with E-state index in [1.165, 1.54) is 0 Å². The molecule has 8 heteroatoms. The molecule has 0 unspecified atom stereocenters. The topological polar surface area (TPSA) is 62.3 Å². The van der Waals surface area contributed by atoms with Gasteiger partial charge in [-0.15, -0.1) is 11.3 Å². The average Bonchev–Trinajstić information content (AvgIpc) is 3.02. The molecule has 1 aliphatic heterocycles. The zero-order valence-corrected chi connectivity index (χ0v) is 14.9. The minimum Gasteiger partial charge on any atom is -0.370 e. The van der Waals surface area contributed by atoms with Crippen LogP contribution in [-0.4, -0.2) is 33.0 Å². The molecule has 23 heavy (non-hydrogen) atoms. The Labute approximate surface area is 145 Å². The molecule has 0 bridgehead atoms. The minimum atomic E-state index is -3.44. The van der Waals surface area contributed by atoms with E-state index in [1.807, 2.05) is 12.3 Å². The largest absolute Gasteiger partial charge is 0.370 e. The Hall–Kier alpha value is -1.15. The van der Waals surface area contributed by atoms with E-state index in [0.717, 1.165) is 43.0 Å². The quantitative estimate of drug-likeness (QED) is 0.877. The predicted octanol–water partition coefficient (Wildman–Crippen LogP) is 2.99. The maximum absolute atomic E-state index is 12.2. The Bertz CT molecular complexity index is 741. The van der Waals surface area contributed by atoms with Crippen molar-refractivity contribution in [3.05, 3.63) is 41.0 Å². The summed E-state index contributed by atoms with van der Waals surface area (Å²) in [4.78, 5) is 6.43. The van der Waals surface area contributed by atoms with Gasteiger partial charge in [0, 0.05) is 25.8 Å².